The molecule has 1 unspecified atom stereocenters. The second-order valence-electron chi connectivity index (χ2n) is 7.51. The van der Waals surface area contributed by atoms with E-state index in [4.69, 9.17) is 4.98 Å². The predicted octanol–water partition coefficient (Wildman–Crippen LogP) is 5.97. The molecular weight excluding hydrogens is 478 g/mol. The van der Waals surface area contributed by atoms with Crippen molar-refractivity contribution in [3.8, 4) is 27.8 Å². The van der Waals surface area contributed by atoms with E-state index in [9.17, 15) is 20.0 Å². The molecule has 0 bridgehead atoms. The number of aliphatic carboxylic acids is 1. The first kappa shape index (κ1) is 25.7. The van der Waals surface area contributed by atoms with Crippen molar-refractivity contribution < 1.29 is 14.7 Å². The van der Waals surface area contributed by atoms with Gasteiger partial charge in [0.25, 0.3) is 0 Å². The molecule has 2 heterocycles. The number of aromatic nitrogens is 1. The molecular formula is C27H23N3O3S2. The fourth-order valence-electron chi connectivity index (χ4n) is 3.11. The lowest BCUT2D eigenvalue weighted by molar-refractivity contribution is -0.136. The minimum Gasteiger partial charge on any atom is -0.480 e. The first-order valence-electron chi connectivity index (χ1n) is 10.5. The summed E-state index contributed by atoms with van der Waals surface area (Å²) in [5.41, 5.74) is 3.40. The molecule has 0 aliphatic carbocycles. The van der Waals surface area contributed by atoms with Gasteiger partial charge in [-0.2, -0.15) is 5.26 Å². The van der Waals surface area contributed by atoms with Crippen LogP contribution in [0.5, 0.6) is 0 Å². The van der Waals surface area contributed by atoms with E-state index >= 15 is 0 Å². The Hall–Kier alpha value is -3.93. The van der Waals surface area contributed by atoms with Crippen LogP contribution in [0.25, 0.3) is 21.7 Å². The van der Waals surface area contributed by atoms with Crippen molar-refractivity contribution in [1.82, 2.24) is 9.88 Å². The number of amides is 1. The molecule has 0 aliphatic rings. The predicted molar refractivity (Wildman–Crippen MR) is 140 cm³/mol. The first-order chi connectivity index (χ1) is 16.9. The standard InChI is InChI=1S/C24H16N2O2S2.C3H7NO/c25-15-19-18(16-8-3-1-4-9-16)14-20(21-12-7-13-29-21)26-23(19)30-22(24(27)28)17-10-5-2-6-11-17;1-4(2)3-5/h1-14,22H,(H,27,28);3H,1-2H3. The van der Waals surface area contributed by atoms with Crippen molar-refractivity contribution in [2.75, 3.05) is 14.1 Å². The largest absolute Gasteiger partial charge is 0.480 e. The highest BCUT2D eigenvalue weighted by atomic mass is 32.2. The Balaban J connectivity index is 0.000000623. The minimum absolute atomic E-state index is 0.383. The molecule has 2 aromatic heterocycles. The van der Waals surface area contributed by atoms with Gasteiger partial charge in [-0.1, -0.05) is 78.5 Å². The molecule has 4 aromatic rings. The normalized spacial score (nSPS) is 10.9. The van der Waals surface area contributed by atoms with Gasteiger partial charge < -0.3 is 10.0 Å². The summed E-state index contributed by atoms with van der Waals surface area (Å²) in [6.45, 7) is 0. The van der Waals surface area contributed by atoms with E-state index in [1.54, 1.807) is 37.6 Å². The molecule has 0 saturated heterocycles. The molecule has 0 aliphatic heterocycles. The number of hydrogen-bond donors (Lipinski definition) is 1. The Kier molecular flexibility index (Phi) is 9.18. The Bertz CT molecular complexity index is 1300. The summed E-state index contributed by atoms with van der Waals surface area (Å²) >= 11 is 2.65. The number of carbonyl (C=O) groups is 2. The Morgan fingerprint density at radius 2 is 1.71 bits per heavy atom. The van der Waals surface area contributed by atoms with Gasteiger partial charge >= 0.3 is 5.97 Å². The van der Waals surface area contributed by atoms with Crippen molar-refractivity contribution in [2.24, 2.45) is 0 Å². The Labute approximate surface area is 212 Å². The topological polar surface area (TPSA) is 94.3 Å². The van der Waals surface area contributed by atoms with Crippen LogP contribution in [0.3, 0.4) is 0 Å². The van der Waals surface area contributed by atoms with E-state index in [0.717, 1.165) is 39.9 Å². The highest BCUT2D eigenvalue weighted by Crippen LogP contribution is 2.41. The van der Waals surface area contributed by atoms with Gasteiger partial charge in [0.15, 0.2) is 0 Å². The number of pyridine rings is 1. The monoisotopic (exact) mass is 501 g/mol. The lowest BCUT2D eigenvalue weighted by Crippen LogP contribution is -2.09. The van der Waals surface area contributed by atoms with Gasteiger partial charge in [-0.25, -0.2) is 4.98 Å². The molecule has 35 heavy (non-hydrogen) atoms. The molecule has 0 radical (unpaired) electrons. The fraction of sp³-hybridized carbons (Fsp3) is 0.111. The van der Waals surface area contributed by atoms with Crippen LogP contribution in [-0.4, -0.2) is 41.5 Å². The van der Waals surface area contributed by atoms with Crippen molar-refractivity contribution in [3.63, 3.8) is 0 Å². The van der Waals surface area contributed by atoms with Gasteiger partial charge in [0.05, 0.1) is 16.1 Å². The third-order valence-electron chi connectivity index (χ3n) is 4.72. The van der Waals surface area contributed by atoms with E-state index in [1.807, 2.05) is 72.1 Å². The molecule has 2 aromatic carbocycles. The second kappa shape index (κ2) is 12.5. The van der Waals surface area contributed by atoms with Crippen molar-refractivity contribution in [1.29, 1.82) is 5.26 Å². The summed E-state index contributed by atoms with van der Waals surface area (Å²) in [6, 6.07) is 26.7. The zero-order valence-corrected chi connectivity index (χ0v) is 20.8. The van der Waals surface area contributed by atoms with Gasteiger partial charge in [-0.05, 0) is 28.6 Å². The Morgan fingerprint density at radius 3 is 2.23 bits per heavy atom. The highest BCUT2D eigenvalue weighted by Gasteiger charge is 2.25. The maximum absolute atomic E-state index is 12.0. The van der Waals surface area contributed by atoms with Crippen LogP contribution in [0, 0.1) is 11.3 Å². The molecule has 0 saturated carbocycles. The minimum atomic E-state index is -0.973. The van der Waals surface area contributed by atoms with Crippen LogP contribution in [0.2, 0.25) is 0 Å². The van der Waals surface area contributed by atoms with Crippen LogP contribution < -0.4 is 0 Å². The van der Waals surface area contributed by atoms with Gasteiger partial charge in [-0.3, -0.25) is 9.59 Å². The van der Waals surface area contributed by atoms with Gasteiger partial charge in [0.1, 0.15) is 16.3 Å². The van der Waals surface area contributed by atoms with E-state index in [1.165, 1.54) is 4.90 Å². The number of hydrogen-bond acceptors (Lipinski definition) is 6. The summed E-state index contributed by atoms with van der Waals surface area (Å²) < 4.78 is 0. The lowest BCUT2D eigenvalue weighted by atomic mass is 10.0. The summed E-state index contributed by atoms with van der Waals surface area (Å²) in [5, 5.41) is 21.3. The molecule has 1 amide bonds. The maximum Gasteiger partial charge on any atom is 0.321 e. The van der Waals surface area contributed by atoms with Crippen molar-refractivity contribution >= 4 is 35.5 Å². The molecule has 1 N–H and O–H groups in total. The zero-order valence-electron chi connectivity index (χ0n) is 19.2. The first-order valence-corrected chi connectivity index (χ1v) is 12.3. The molecule has 6 nitrogen and oxygen atoms in total. The smallest absolute Gasteiger partial charge is 0.321 e. The number of carbonyl (C=O) groups excluding carboxylic acids is 1. The quantitative estimate of drug-likeness (QED) is 0.248. The number of thioether (sulfide) groups is 1. The molecule has 0 spiro atoms. The van der Waals surface area contributed by atoms with Gasteiger partial charge in [0, 0.05) is 19.7 Å². The molecule has 4 rings (SSSR count). The number of carboxylic acids is 1. The SMILES string of the molecule is CN(C)C=O.N#Cc1c(-c2ccccc2)cc(-c2cccs2)nc1SC(C(=O)O)c1ccccc1. The molecule has 1 atom stereocenters. The van der Waals surface area contributed by atoms with E-state index < -0.39 is 11.2 Å². The van der Waals surface area contributed by atoms with Crippen LogP contribution in [-0.2, 0) is 9.59 Å². The van der Waals surface area contributed by atoms with Gasteiger partial charge in [0.2, 0.25) is 6.41 Å². The molecule has 8 heteroatoms. The summed E-state index contributed by atoms with van der Waals surface area (Å²) in [4.78, 5) is 28.6. The lowest BCUT2D eigenvalue weighted by Gasteiger charge is -2.16. The number of benzene rings is 2. The summed E-state index contributed by atoms with van der Waals surface area (Å²) in [7, 11) is 3.38. The van der Waals surface area contributed by atoms with Crippen LogP contribution in [0.4, 0.5) is 0 Å². The van der Waals surface area contributed by atoms with Crippen molar-refractivity contribution in [3.05, 3.63) is 95.4 Å². The van der Waals surface area contributed by atoms with E-state index in [0.29, 0.717) is 16.2 Å². The Morgan fingerprint density at radius 1 is 1.09 bits per heavy atom. The molecule has 0 fully saturated rings. The summed E-state index contributed by atoms with van der Waals surface area (Å²) in [6.07, 6.45) is 0.750. The number of carboxylic acid groups (broad SMARTS) is 1. The number of rotatable bonds is 7. The molecule has 176 valence electrons. The average molecular weight is 502 g/mol. The second-order valence-corrected chi connectivity index (χ2v) is 9.55. The van der Waals surface area contributed by atoms with E-state index in [2.05, 4.69) is 6.07 Å². The maximum atomic E-state index is 12.0. The number of nitriles is 1. The van der Waals surface area contributed by atoms with Crippen LogP contribution in [0.1, 0.15) is 16.4 Å². The fourth-order valence-corrected chi connectivity index (χ4v) is 4.84. The van der Waals surface area contributed by atoms with Gasteiger partial charge in [-0.15, -0.1) is 11.3 Å². The number of thiophene rings is 1. The third-order valence-corrected chi connectivity index (χ3v) is 6.84. The van der Waals surface area contributed by atoms with Crippen molar-refractivity contribution in [2.45, 2.75) is 10.3 Å². The third kappa shape index (κ3) is 6.79. The average Bonchev–Trinajstić information content (AvgIpc) is 3.43. The zero-order chi connectivity index (χ0) is 25.2. The highest BCUT2D eigenvalue weighted by molar-refractivity contribution is 8.00. The van der Waals surface area contributed by atoms with Crippen LogP contribution in [0.15, 0.2) is 89.3 Å². The van der Waals surface area contributed by atoms with E-state index in [-0.39, 0.29) is 0 Å². The number of nitrogens with zero attached hydrogens (tertiary/aromatic N) is 3. The summed E-state index contributed by atoms with van der Waals surface area (Å²) in [5.74, 6) is -0.973. The van der Waals surface area contributed by atoms with Crippen LogP contribution >= 0.6 is 23.1 Å².